The smallest absolute Gasteiger partial charge is 0.232 e. The van der Waals surface area contributed by atoms with E-state index in [9.17, 15) is 8.42 Å². The van der Waals surface area contributed by atoms with E-state index >= 15 is 0 Å². The summed E-state index contributed by atoms with van der Waals surface area (Å²) in [5, 5.41) is 0. The predicted molar refractivity (Wildman–Crippen MR) is 78.2 cm³/mol. The summed E-state index contributed by atoms with van der Waals surface area (Å²) in [6.07, 6.45) is 0.411. The molecular weight excluding hydrogens is 342 g/mol. The zero-order chi connectivity index (χ0) is 13.8. The lowest BCUT2D eigenvalue weighted by Crippen LogP contribution is -2.18. The first kappa shape index (κ1) is 15.6. The molecule has 0 heterocycles. The number of sulfonamides is 1. The highest BCUT2D eigenvalue weighted by molar-refractivity contribution is 9.10. The number of alkyl halides is 1. The van der Waals surface area contributed by atoms with E-state index in [4.69, 9.17) is 16.3 Å². The summed E-state index contributed by atoms with van der Waals surface area (Å²) in [4.78, 5) is 0. The van der Waals surface area contributed by atoms with Crippen LogP contribution >= 0.6 is 27.5 Å². The average Bonchev–Trinajstić information content (AvgIpc) is 2.29. The van der Waals surface area contributed by atoms with Gasteiger partial charge in [0.05, 0.1) is 18.6 Å². The lowest BCUT2D eigenvalue weighted by atomic mass is 10.2. The van der Waals surface area contributed by atoms with Gasteiger partial charge in [-0.3, -0.25) is 4.72 Å². The van der Waals surface area contributed by atoms with Crippen molar-refractivity contribution in [1.82, 2.24) is 0 Å². The molecule has 0 amide bonds. The van der Waals surface area contributed by atoms with Crippen molar-refractivity contribution in [3.63, 3.8) is 0 Å². The highest BCUT2D eigenvalue weighted by Crippen LogP contribution is 2.32. The van der Waals surface area contributed by atoms with Crippen LogP contribution in [-0.2, 0) is 10.0 Å². The number of anilines is 1. The van der Waals surface area contributed by atoms with Gasteiger partial charge in [-0.15, -0.1) is 11.6 Å². The van der Waals surface area contributed by atoms with Gasteiger partial charge in [0.25, 0.3) is 0 Å². The maximum Gasteiger partial charge on any atom is 0.232 e. The van der Waals surface area contributed by atoms with Crippen LogP contribution in [0.3, 0.4) is 0 Å². The van der Waals surface area contributed by atoms with E-state index in [0.29, 0.717) is 23.7 Å². The van der Waals surface area contributed by atoms with Crippen LogP contribution in [0.5, 0.6) is 5.75 Å². The number of hydrogen-bond acceptors (Lipinski definition) is 3. The topological polar surface area (TPSA) is 55.4 Å². The van der Waals surface area contributed by atoms with Crippen molar-refractivity contribution in [2.24, 2.45) is 0 Å². The van der Waals surface area contributed by atoms with Crippen molar-refractivity contribution in [2.45, 2.75) is 13.3 Å². The summed E-state index contributed by atoms with van der Waals surface area (Å²) >= 11 is 8.83. The van der Waals surface area contributed by atoms with E-state index in [1.165, 1.54) is 7.11 Å². The molecule has 0 fully saturated rings. The molecule has 102 valence electrons. The maximum absolute atomic E-state index is 11.8. The van der Waals surface area contributed by atoms with Crippen molar-refractivity contribution >= 4 is 43.2 Å². The second kappa shape index (κ2) is 6.63. The molecule has 1 aromatic rings. The molecule has 0 radical (unpaired) electrons. The fraction of sp³-hybridized carbons (Fsp3) is 0.455. The van der Waals surface area contributed by atoms with Crippen LogP contribution < -0.4 is 9.46 Å². The third kappa shape index (κ3) is 4.33. The molecule has 0 atom stereocenters. The summed E-state index contributed by atoms with van der Waals surface area (Å²) in [5.74, 6) is 0.795. The molecule has 0 spiro atoms. The molecule has 0 saturated heterocycles. The van der Waals surface area contributed by atoms with Crippen molar-refractivity contribution in [3.8, 4) is 5.75 Å². The first-order chi connectivity index (χ1) is 8.39. The van der Waals surface area contributed by atoms with Crippen molar-refractivity contribution < 1.29 is 13.2 Å². The number of ether oxygens (including phenoxy) is 1. The van der Waals surface area contributed by atoms with E-state index < -0.39 is 10.0 Å². The fourth-order valence-electron chi connectivity index (χ4n) is 1.46. The van der Waals surface area contributed by atoms with Crippen molar-refractivity contribution in [2.75, 3.05) is 23.5 Å². The first-order valence-corrected chi connectivity index (χ1v) is 8.28. The monoisotopic (exact) mass is 355 g/mol. The quantitative estimate of drug-likeness (QED) is 0.797. The number of halogens is 2. The Balaban J connectivity index is 3.04. The zero-order valence-corrected chi connectivity index (χ0v) is 13.3. The van der Waals surface area contributed by atoms with E-state index in [-0.39, 0.29) is 5.75 Å². The van der Waals surface area contributed by atoms with Gasteiger partial charge in [0.2, 0.25) is 10.0 Å². The maximum atomic E-state index is 11.8. The van der Waals surface area contributed by atoms with Gasteiger partial charge in [-0.2, -0.15) is 0 Å². The lowest BCUT2D eigenvalue weighted by molar-refractivity contribution is 0.416. The van der Waals surface area contributed by atoms with Gasteiger partial charge in [0.15, 0.2) is 0 Å². The van der Waals surface area contributed by atoms with Gasteiger partial charge in [0, 0.05) is 10.4 Å². The molecule has 18 heavy (non-hydrogen) atoms. The molecule has 0 bridgehead atoms. The van der Waals surface area contributed by atoms with Crippen LogP contribution in [-0.4, -0.2) is 27.2 Å². The summed E-state index contributed by atoms with van der Waals surface area (Å²) < 4.78 is 32.2. The molecular formula is C11H15BrClNO3S. The molecule has 0 aliphatic carbocycles. The number of nitrogens with one attached hydrogen (secondary N) is 1. The van der Waals surface area contributed by atoms with Crippen LogP contribution in [0, 0.1) is 6.92 Å². The third-order valence-electron chi connectivity index (χ3n) is 2.29. The zero-order valence-electron chi connectivity index (χ0n) is 10.2. The Kier molecular flexibility index (Phi) is 5.75. The predicted octanol–water partition coefficient (Wildman–Crippen LogP) is 3.14. The van der Waals surface area contributed by atoms with E-state index in [1.54, 1.807) is 6.07 Å². The van der Waals surface area contributed by atoms with Crippen molar-refractivity contribution in [1.29, 1.82) is 0 Å². The molecule has 1 N–H and O–H groups in total. The summed E-state index contributed by atoms with van der Waals surface area (Å²) in [7, 11) is -1.90. The number of rotatable bonds is 6. The Morgan fingerprint density at radius 2 is 2.11 bits per heavy atom. The van der Waals surface area contributed by atoms with Gasteiger partial charge < -0.3 is 4.74 Å². The fourth-order valence-corrected chi connectivity index (χ4v) is 3.50. The largest absolute Gasteiger partial charge is 0.495 e. The number of hydrogen-bond donors (Lipinski definition) is 1. The molecule has 7 heteroatoms. The normalized spacial score (nSPS) is 11.3. The first-order valence-electron chi connectivity index (χ1n) is 5.30. The third-order valence-corrected chi connectivity index (χ3v) is 4.35. The second-order valence-electron chi connectivity index (χ2n) is 3.76. The minimum Gasteiger partial charge on any atom is -0.495 e. The molecule has 0 saturated carbocycles. The Bertz CT molecular complexity index is 519. The highest BCUT2D eigenvalue weighted by Gasteiger charge is 2.15. The van der Waals surface area contributed by atoms with E-state index in [0.717, 1.165) is 10.0 Å². The van der Waals surface area contributed by atoms with Gasteiger partial charge >= 0.3 is 0 Å². The van der Waals surface area contributed by atoms with E-state index in [1.807, 2.05) is 13.0 Å². The minimum absolute atomic E-state index is 0.00480. The van der Waals surface area contributed by atoms with Gasteiger partial charge in [0.1, 0.15) is 5.75 Å². The van der Waals surface area contributed by atoms with Gasteiger partial charge in [-0.1, -0.05) is 15.9 Å². The molecule has 4 nitrogen and oxygen atoms in total. The highest BCUT2D eigenvalue weighted by atomic mass is 79.9. The number of benzene rings is 1. The molecule has 0 aromatic heterocycles. The Morgan fingerprint density at radius 1 is 1.44 bits per heavy atom. The molecule has 0 aliphatic heterocycles. The molecule has 1 rings (SSSR count). The number of aryl methyl sites for hydroxylation is 1. The summed E-state index contributed by atoms with van der Waals surface area (Å²) in [5.41, 5.74) is 1.26. The molecule has 1 aromatic carbocycles. The van der Waals surface area contributed by atoms with Crippen molar-refractivity contribution in [3.05, 3.63) is 22.2 Å². The van der Waals surface area contributed by atoms with Crippen LogP contribution in [0.4, 0.5) is 5.69 Å². The number of methoxy groups -OCH3 is 1. The Labute approximate surface area is 121 Å². The average molecular weight is 357 g/mol. The van der Waals surface area contributed by atoms with E-state index in [2.05, 4.69) is 20.7 Å². The summed E-state index contributed by atoms with van der Waals surface area (Å²) in [6, 6.07) is 3.54. The molecule has 0 unspecified atom stereocenters. The minimum atomic E-state index is -3.39. The van der Waals surface area contributed by atoms with Crippen LogP contribution in [0.1, 0.15) is 12.0 Å². The molecule has 0 aliphatic rings. The van der Waals surface area contributed by atoms with Crippen LogP contribution in [0.2, 0.25) is 0 Å². The second-order valence-corrected chi connectivity index (χ2v) is 6.90. The van der Waals surface area contributed by atoms with Crippen LogP contribution in [0.25, 0.3) is 0 Å². The Hall–Kier alpha value is -0.460. The lowest BCUT2D eigenvalue weighted by Gasteiger charge is -2.14. The summed E-state index contributed by atoms with van der Waals surface area (Å²) in [6.45, 7) is 1.81. The Morgan fingerprint density at radius 3 is 2.67 bits per heavy atom. The SMILES string of the molecule is COc1cc(Br)cc(C)c1NS(=O)(=O)CCCCl. The van der Waals surface area contributed by atoms with Gasteiger partial charge in [-0.05, 0) is 31.0 Å². The van der Waals surface area contributed by atoms with Gasteiger partial charge in [-0.25, -0.2) is 8.42 Å². The standard InChI is InChI=1S/C11H15BrClNO3S/c1-8-6-9(12)7-10(17-2)11(8)14-18(15,16)5-3-4-13/h6-7,14H,3-5H2,1-2H3. The van der Waals surface area contributed by atoms with Crippen LogP contribution in [0.15, 0.2) is 16.6 Å².